The summed E-state index contributed by atoms with van der Waals surface area (Å²) in [5, 5.41) is 5.07. The average Bonchev–Trinajstić information content (AvgIpc) is 4.25. The summed E-state index contributed by atoms with van der Waals surface area (Å²) in [4.78, 5) is 2.41. The number of allylic oxidation sites excluding steroid dienone is 8. The first-order valence-electron chi connectivity index (χ1n) is 27.8. The summed E-state index contributed by atoms with van der Waals surface area (Å²) in [6.45, 7) is 0. The third-order valence-corrected chi connectivity index (χ3v) is 18.8. The maximum absolute atomic E-state index is 7.10. The third kappa shape index (κ3) is 6.74. The first kappa shape index (κ1) is 45.3. The number of anilines is 3. The van der Waals surface area contributed by atoms with Crippen molar-refractivity contribution in [1.82, 2.24) is 4.57 Å². The summed E-state index contributed by atoms with van der Waals surface area (Å²) in [5.41, 5.74) is 19.0. The molecule has 3 unspecified atom stereocenters. The lowest BCUT2D eigenvalue weighted by atomic mass is 9.53. The van der Waals surface area contributed by atoms with Gasteiger partial charge < -0.3 is 18.9 Å². The van der Waals surface area contributed by atoms with E-state index in [9.17, 15) is 0 Å². The summed E-state index contributed by atoms with van der Waals surface area (Å²) in [6.07, 6.45) is 15.7. The molecular formula is C75H50N2O2S. The van der Waals surface area contributed by atoms with Gasteiger partial charge in [-0.05, 0) is 160 Å². The van der Waals surface area contributed by atoms with Gasteiger partial charge in [-0.2, -0.15) is 0 Å². The quantitative estimate of drug-likeness (QED) is 0.166. The highest BCUT2D eigenvalue weighted by molar-refractivity contribution is 7.25. The number of hydrogen-bond donors (Lipinski definition) is 0. The molecule has 3 atom stereocenters. The first-order chi connectivity index (χ1) is 39.6. The fourth-order valence-corrected chi connectivity index (χ4v) is 15.4. The Morgan fingerprint density at radius 3 is 2.04 bits per heavy atom. The molecule has 0 N–H and O–H groups in total. The largest absolute Gasteiger partial charge is 0.450 e. The van der Waals surface area contributed by atoms with E-state index in [2.05, 4.69) is 276 Å². The highest BCUT2D eigenvalue weighted by Gasteiger charge is 2.56. The van der Waals surface area contributed by atoms with E-state index in [4.69, 9.17) is 9.47 Å². The second kappa shape index (κ2) is 17.7. The number of hydrogen-bond acceptors (Lipinski definition) is 4. The molecule has 17 rings (SSSR count). The number of thiophene rings is 1. The number of nitrogens with zero attached hydrogens (tertiary/aromatic N) is 2. The van der Waals surface area contributed by atoms with Gasteiger partial charge in [-0.15, -0.1) is 11.3 Å². The van der Waals surface area contributed by atoms with E-state index >= 15 is 0 Å². The fraction of sp³-hybridized carbons (Fsp3) is 0.0667. The topological polar surface area (TPSA) is 26.6 Å². The van der Waals surface area contributed by atoms with E-state index in [-0.39, 0.29) is 17.3 Å². The second-order valence-corrected chi connectivity index (χ2v) is 22.9. The van der Waals surface area contributed by atoms with Crippen molar-refractivity contribution in [2.24, 2.45) is 11.8 Å². The molecule has 1 aliphatic heterocycles. The number of benzene rings is 10. The number of para-hydroxylation sites is 3. The van der Waals surface area contributed by atoms with Gasteiger partial charge in [0, 0.05) is 59.5 Å². The first-order valence-corrected chi connectivity index (χ1v) is 28.6. The van der Waals surface area contributed by atoms with Crippen molar-refractivity contribution in [1.29, 1.82) is 0 Å². The van der Waals surface area contributed by atoms with Crippen LogP contribution < -0.4 is 14.4 Å². The van der Waals surface area contributed by atoms with Crippen LogP contribution in [0.1, 0.15) is 28.7 Å². The molecule has 1 spiro atoms. The van der Waals surface area contributed by atoms with Crippen molar-refractivity contribution in [3.05, 3.63) is 306 Å². The van der Waals surface area contributed by atoms with E-state index < -0.39 is 0 Å². The van der Waals surface area contributed by atoms with Gasteiger partial charge in [0.1, 0.15) is 0 Å². The lowest BCUT2D eigenvalue weighted by molar-refractivity contribution is 0.246. The Morgan fingerprint density at radius 2 is 1.18 bits per heavy atom. The van der Waals surface area contributed by atoms with E-state index in [0.29, 0.717) is 11.5 Å². The lowest BCUT2D eigenvalue weighted by Gasteiger charge is -2.49. The number of aromatic nitrogens is 1. The lowest BCUT2D eigenvalue weighted by Crippen LogP contribution is -2.46. The molecule has 12 aromatic rings. The van der Waals surface area contributed by atoms with Gasteiger partial charge >= 0.3 is 0 Å². The Balaban J connectivity index is 0.776. The molecule has 0 amide bonds. The average molecular weight is 1040 g/mol. The molecule has 80 heavy (non-hydrogen) atoms. The maximum Gasteiger partial charge on any atom is 0.170 e. The number of rotatable bonds is 6. The molecule has 0 bridgehead atoms. The number of ether oxygens (including phenoxy) is 2. The maximum atomic E-state index is 7.10. The monoisotopic (exact) mass is 1040 g/mol. The Hall–Kier alpha value is -9.68. The minimum absolute atomic E-state index is 0.125. The minimum Gasteiger partial charge on any atom is -0.450 e. The Morgan fingerprint density at radius 1 is 0.487 bits per heavy atom. The summed E-state index contributed by atoms with van der Waals surface area (Å²) < 4.78 is 19.2. The van der Waals surface area contributed by atoms with Gasteiger partial charge in [-0.3, -0.25) is 0 Å². The van der Waals surface area contributed by atoms with Crippen molar-refractivity contribution in [3.63, 3.8) is 0 Å². The van der Waals surface area contributed by atoms with E-state index in [1.807, 2.05) is 11.3 Å². The van der Waals surface area contributed by atoms with Crippen LogP contribution in [-0.2, 0) is 11.8 Å². The Labute approximate surface area is 468 Å². The zero-order chi connectivity index (χ0) is 52.5. The SMILES string of the molecule is C1=CCC2=C(C=C1)c1ccccc1C21c2ccccc2CC2C=C3Oc4cc(-c5ccccc5N(c5ccc(-c6ccc7sc8ccccc8c7c6)cc5)c5cccc(-n6c7ccccc7c7ccccc76)c5)ccc4OC3=CC21. The van der Waals surface area contributed by atoms with Crippen LogP contribution >= 0.6 is 11.3 Å². The van der Waals surface area contributed by atoms with Crippen LogP contribution in [0.5, 0.6) is 11.5 Å². The van der Waals surface area contributed by atoms with E-state index in [0.717, 1.165) is 58.2 Å². The molecular weight excluding hydrogens is 993 g/mol. The highest BCUT2D eigenvalue weighted by Crippen LogP contribution is 2.63. The zero-order valence-electron chi connectivity index (χ0n) is 43.6. The van der Waals surface area contributed by atoms with Crippen molar-refractivity contribution in [3.8, 4) is 39.4 Å². The predicted octanol–water partition coefficient (Wildman–Crippen LogP) is 19.6. The molecule has 4 aliphatic carbocycles. The third-order valence-electron chi connectivity index (χ3n) is 17.7. The van der Waals surface area contributed by atoms with Gasteiger partial charge in [0.15, 0.2) is 23.0 Å². The summed E-state index contributed by atoms with van der Waals surface area (Å²) in [7, 11) is 0. The fourth-order valence-electron chi connectivity index (χ4n) is 14.3. The van der Waals surface area contributed by atoms with E-state index in [1.165, 1.54) is 86.5 Å². The molecule has 0 fully saturated rings. The summed E-state index contributed by atoms with van der Waals surface area (Å²) >= 11 is 1.85. The Kier molecular flexibility index (Phi) is 10.0. The van der Waals surface area contributed by atoms with Gasteiger partial charge in [-0.25, -0.2) is 0 Å². The van der Waals surface area contributed by atoms with Crippen LogP contribution in [0.4, 0.5) is 17.1 Å². The standard InChI is InChI=1S/C75H50N2O2S/c1-2-21-56-57-22-5-11-28-64(57)75(63(56)27-3-1)62-26-10-4-17-50(62)41-51-44-71-72(46-65(51)75)78-69-39-35-49(43-70(69)79-71)55-20-6-12-29-66(55)76(52-37-33-47(34-38-52)48-36-40-74-61(42-48)60-25-9-15-32-73(60)80-74)53-18-16-19-54(45-53)77-67-30-13-7-23-58(67)59-24-8-14-31-68(59)77/h1-26,28-40,42-46,51,65H,27,41H2. The number of fused-ring (bicyclic) bond motifs is 16. The molecule has 0 saturated heterocycles. The molecule has 4 nitrogen and oxygen atoms in total. The van der Waals surface area contributed by atoms with Crippen molar-refractivity contribution in [2.45, 2.75) is 18.3 Å². The molecule has 10 aromatic carbocycles. The second-order valence-electron chi connectivity index (χ2n) is 21.8. The zero-order valence-corrected chi connectivity index (χ0v) is 44.4. The molecule has 3 heterocycles. The van der Waals surface area contributed by atoms with Crippen molar-refractivity contribution < 1.29 is 9.47 Å². The Bertz CT molecular complexity index is 4700. The molecule has 2 aromatic heterocycles. The van der Waals surface area contributed by atoms with Crippen LogP contribution in [0, 0.1) is 11.8 Å². The van der Waals surface area contributed by atoms with E-state index in [1.54, 1.807) is 0 Å². The normalized spacial score (nSPS) is 18.4. The molecule has 0 radical (unpaired) electrons. The molecule has 5 aliphatic rings. The summed E-state index contributed by atoms with van der Waals surface area (Å²) in [5.74, 6) is 3.31. The van der Waals surface area contributed by atoms with Crippen LogP contribution in [0.25, 0.3) is 75.5 Å². The van der Waals surface area contributed by atoms with Gasteiger partial charge in [0.25, 0.3) is 0 Å². The van der Waals surface area contributed by atoms with Crippen LogP contribution in [0.15, 0.2) is 284 Å². The minimum atomic E-state index is -0.348. The predicted molar refractivity (Wildman–Crippen MR) is 331 cm³/mol. The smallest absolute Gasteiger partial charge is 0.170 e. The van der Waals surface area contributed by atoms with Gasteiger partial charge in [-0.1, -0.05) is 176 Å². The van der Waals surface area contributed by atoms with Gasteiger partial charge in [0.2, 0.25) is 0 Å². The van der Waals surface area contributed by atoms with Crippen molar-refractivity contribution in [2.75, 3.05) is 4.90 Å². The molecule has 5 heteroatoms. The summed E-state index contributed by atoms with van der Waals surface area (Å²) in [6, 6.07) is 84.6. The van der Waals surface area contributed by atoms with Crippen LogP contribution in [-0.4, -0.2) is 4.57 Å². The molecule has 0 saturated carbocycles. The van der Waals surface area contributed by atoms with Crippen LogP contribution in [0.3, 0.4) is 0 Å². The van der Waals surface area contributed by atoms with Crippen LogP contribution in [0.2, 0.25) is 0 Å². The van der Waals surface area contributed by atoms with Crippen molar-refractivity contribution >= 4 is 76.0 Å². The van der Waals surface area contributed by atoms with Gasteiger partial charge in [0.05, 0.1) is 22.1 Å². The highest BCUT2D eigenvalue weighted by atomic mass is 32.1. The molecule has 378 valence electrons.